The Labute approximate surface area is 127 Å². The van der Waals surface area contributed by atoms with Crippen molar-refractivity contribution in [3.8, 4) is 0 Å². The zero-order chi connectivity index (χ0) is 16.0. The second-order valence-corrected chi connectivity index (χ2v) is 9.30. The maximum atomic E-state index is 2.38. The van der Waals surface area contributed by atoms with Gasteiger partial charge in [0.05, 0.1) is 0 Å². The van der Waals surface area contributed by atoms with Crippen molar-refractivity contribution < 1.29 is 0 Å². The molecule has 0 aliphatic heterocycles. The third-order valence-corrected chi connectivity index (χ3v) is 6.02. The van der Waals surface area contributed by atoms with Gasteiger partial charge in [-0.3, -0.25) is 0 Å². The molecule has 0 aromatic heterocycles. The van der Waals surface area contributed by atoms with Crippen molar-refractivity contribution in [2.75, 3.05) is 0 Å². The van der Waals surface area contributed by atoms with Gasteiger partial charge in [-0.15, -0.1) is 0 Å². The van der Waals surface area contributed by atoms with E-state index in [2.05, 4.69) is 93.5 Å². The van der Waals surface area contributed by atoms with Crippen LogP contribution in [0.15, 0.2) is 24.3 Å². The van der Waals surface area contributed by atoms with Gasteiger partial charge in [-0.1, -0.05) is 93.5 Å². The maximum absolute atomic E-state index is 2.38. The Morgan fingerprint density at radius 1 is 0.500 bits per heavy atom. The first-order valence-corrected chi connectivity index (χ1v) is 7.83. The Hall–Kier alpha value is -0.780. The first-order chi connectivity index (χ1) is 8.73. The SMILES string of the molecule is CC(C)(C)C(C)(C)c1ccccc1C(C)(C)C(C)(C)C. The summed E-state index contributed by atoms with van der Waals surface area (Å²) in [7, 11) is 0. The lowest BCUT2D eigenvalue weighted by molar-refractivity contribution is 0.198. The second-order valence-electron chi connectivity index (χ2n) is 9.30. The smallest absolute Gasteiger partial charge is 0.00521 e. The van der Waals surface area contributed by atoms with Crippen molar-refractivity contribution in [1.29, 1.82) is 0 Å². The van der Waals surface area contributed by atoms with Crippen LogP contribution in [0.2, 0.25) is 0 Å². The molecular weight excluding hydrogens is 240 g/mol. The van der Waals surface area contributed by atoms with E-state index in [9.17, 15) is 0 Å². The van der Waals surface area contributed by atoms with E-state index in [-0.39, 0.29) is 21.7 Å². The van der Waals surface area contributed by atoms with Gasteiger partial charge in [0.1, 0.15) is 0 Å². The average molecular weight is 274 g/mol. The van der Waals surface area contributed by atoms with E-state index in [4.69, 9.17) is 0 Å². The van der Waals surface area contributed by atoms with E-state index in [1.165, 1.54) is 11.1 Å². The Kier molecular flexibility index (Phi) is 4.23. The third-order valence-electron chi connectivity index (χ3n) is 6.02. The molecule has 0 radical (unpaired) electrons. The minimum Gasteiger partial charge on any atom is -0.0620 e. The highest BCUT2D eigenvalue weighted by molar-refractivity contribution is 5.40. The van der Waals surface area contributed by atoms with Crippen LogP contribution in [0.5, 0.6) is 0 Å². The molecule has 0 aliphatic carbocycles. The molecule has 0 nitrogen and oxygen atoms in total. The molecule has 1 aromatic carbocycles. The van der Waals surface area contributed by atoms with E-state index in [1.807, 2.05) is 0 Å². The van der Waals surface area contributed by atoms with Gasteiger partial charge >= 0.3 is 0 Å². The Morgan fingerprint density at radius 3 is 0.950 bits per heavy atom. The van der Waals surface area contributed by atoms with Crippen molar-refractivity contribution in [1.82, 2.24) is 0 Å². The molecule has 0 saturated carbocycles. The standard InChI is InChI=1S/C20H34/c1-17(2,3)19(7,8)15-13-11-12-14-16(15)20(9,10)18(4,5)6/h11-14H,1-10H3. The highest BCUT2D eigenvalue weighted by Gasteiger charge is 2.41. The molecule has 0 N–H and O–H groups in total. The monoisotopic (exact) mass is 274 g/mol. The van der Waals surface area contributed by atoms with E-state index in [0.29, 0.717) is 0 Å². The van der Waals surface area contributed by atoms with Crippen LogP contribution in [0.25, 0.3) is 0 Å². The molecule has 0 atom stereocenters. The van der Waals surface area contributed by atoms with Gasteiger partial charge in [0.15, 0.2) is 0 Å². The molecule has 0 amide bonds. The molecule has 1 rings (SSSR count). The summed E-state index contributed by atoms with van der Waals surface area (Å²) < 4.78 is 0. The van der Waals surface area contributed by atoms with E-state index in [1.54, 1.807) is 0 Å². The molecule has 0 spiro atoms. The largest absolute Gasteiger partial charge is 0.0620 e. The lowest BCUT2D eigenvalue weighted by atomic mass is 9.58. The van der Waals surface area contributed by atoms with Gasteiger partial charge in [0.25, 0.3) is 0 Å². The number of hydrogen-bond acceptors (Lipinski definition) is 0. The summed E-state index contributed by atoms with van der Waals surface area (Å²) in [6.07, 6.45) is 0. The van der Waals surface area contributed by atoms with Crippen molar-refractivity contribution in [2.24, 2.45) is 10.8 Å². The fourth-order valence-corrected chi connectivity index (χ4v) is 2.38. The molecule has 0 unspecified atom stereocenters. The van der Waals surface area contributed by atoms with Gasteiger partial charge in [0, 0.05) is 0 Å². The molecule has 20 heavy (non-hydrogen) atoms. The molecular formula is C20H34. The fraction of sp³-hybridized carbons (Fsp3) is 0.700. The van der Waals surface area contributed by atoms with Crippen LogP contribution in [0, 0.1) is 10.8 Å². The predicted molar refractivity (Wildman–Crippen MR) is 91.4 cm³/mol. The summed E-state index contributed by atoms with van der Waals surface area (Å²) in [6, 6.07) is 9.03. The van der Waals surface area contributed by atoms with Crippen LogP contribution in [-0.2, 0) is 10.8 Å². The first-order valence-electron chi connectivity index (χ1n) is 7.83. The Morgan fingerprint density at radius 2 is 0.750 bits per heavy atom. The van der Waals surface area contributed by atoms with Crippen LogP contribution in [-0.4, -0.2) is 0 Å². The summed E-state index contributed by atoms with van der Waals surface area (Å²) in [4.78, 5) is 0. The van der Waals surface area contributed by atoms with Gasteiger partial charge in [-0.2, -0.15) is 0 Å². The van der Waals surface area contributed by atoms with E-state index in [0.717, 1.165) is 0 Å². The third kappa shape index (κ3) is 2.80. The topological polar surface area (TPSA) is 0 Å². The van der Waals surface area contributed by atoms with Crippen LogP contribution in [0.1, 0.15) is 80.4 Å². The van der Waals surface area contributed by atoms with Crippen molar-refractivity contribution in [3.63, 3.8) is 0 Å². The van der Waals surface area contributed by atoms with Crippen LogP contribution in [0.4, 0.5) is 0 Å². The zero-order valence-electron chi connectivity index (χ0n) is 15.3. The number of hydrogen-bond donors (Lipinski definition) is 0. The quantitative estimate of drug-likeness (QED) is 0.590. The average Bonchev–Trinajstić information content (AvgIpc) is 2.26. The van der Waals surface area contributed by atoms with Crippen molar-refractivity contribution in [3.05, 3.63) is 35.4 Å². The fourth-order valence-electron chi connectivity index (χ4n) is 2.38. The summed E-state index contributed by atoms with van der Waals surface area (Å²) in [6.45, 7) is 23.6. The van der Waals surface area contributed by atoms with Gasteiger partial charge in [-0.05, 0) is 32.8 Å². The molecule has 0 aliphatic rings. The number of benzene rings is 1. The molecule has 0 heterocycles. The minimum atomic E-state index is 0.145. The first kappa shape index (κ1) is 17.3. The van der Waals surface area contributed by atoms with Crippen LogP contribution >= 0.6 is 0 Å². The predicted octanol–water partition coefficient (Wildman–Crippen LogP) is 6.33. The summed E-state index contributed by atoms with van der Waals surface area (Å²) in [5.41, 5.74) is 3.74. The Balaban J connectivity index is 3.55. The van der Waals surface area contributed by atoms with Gasteiger partial charge < -0.3 is 0 Å². The lowest BCUT2D eigenvalue weighted by Gasteiger charge is -2.46. The van der Waals surface area contributed by atoms with Crippen molar-refractivity contribution >= 4 is 0 Å². The molecule has 1 aromatic rings. The molecule has 0 saturated heterocycles. The molecule has 114 valence electrons. The lowest BCUT2D eigenvalue weighted by Crippen LogP contribution is -2.40. The highest BCUT2D eigenvalue weighted by Crippen LogP contribution is 2.48. The van der Waals surface area contributed by atoms with Crippen LogP contribution < -0.4 is 0 Å². The molecule has 0 fully saturated rings. The van der Waals surface area contributed by atoms with Gasteiger partial charge in [-0.25, -0.2) is 0 Å². The van der Waals surface area contributed by atoms with E-state index < -0.39 is 0 Å². The van der Waals surface area contributed by atoms with Crippen LogP contribution in [0.3, 0.4) is 0 Å². The van der Waals surface area contributed by atoms with Crippen molar-refractivity contribution in [2.45, 2.75) is 80.1 Å². The number of rotatable bonds is 2. The summed E-state index contributed by atoms with van der Waals surface area (Å²) in [5.74, 6) is 0. The summed E-state index contributed by atoms with van der Waals surface area (Å²) >= 11 is 0. The molecule has 0 heteroatoms. The molecule has 0 bridgehead atoms. The minimum absolute atomic E-state index is 0.145. The maximum Gasteiger partial charge on any atom is -0.00521 e. The van der Waals surface area contributed by atoms with Gasteiger partial charge in [0.2, 0.25) is 0 Å². The second kappa shape index (κ2) is 4.90. The summed E-state index contributed by atoms with van der Waals surface area (Å²) in [5, 5.41) is 0. The highest BCUT2D eigenvalue weighted by atomic mass is 14.5. The zero-order valence-corrected chi connectivity index (χ0v) is 15.3. The Bertz CT molecular complexity index is 417. The normalized spacial score (nSPS) is 14.5. The van der Waals surface area contributed by atoms with E-state index >= 15 is 0 Å².